The molecule has 3 atom stereocenters. The highest BCUT2D eigenvalue weighted by Crippen LogP contribution is 2.20. The van der Waals surface area contributed by atoms with Crippen LogP contribution in [0, 0.1) is 0 Å². The van der Waals surface area contributed by atoms with Crippen molar-refractivity contribution in [3.63, 3.8) is 0 Å². The van der Waals surface area contributed by atoms with Gasteiger partial charge in [-0.3, -0.25) is 9.59 Å². The number of ether oxygens (including phenoxy) is 2. The van der Waals surface area contributed by atoms with Crippen molar-refractivity contribution in [2.45, 2.75) is 70.4 Å². The number of carbonyl (C=O) groups is 4. The van der Waals surface area contributed by atoms with Crippen LogP contribution in [0.3, 0.4) is 0 Å². The van der Waals surface area contributed by atoms with E-state index >= 15 is 0 Å². The molecule has 0 spiro atoms. The molecule has 5 aromatic rings. The summed E-state index contributed by atoms with van der Waals surface area (Å²) in [6.45, 7) is 5.43. The molecule has 11 heteroatoms. The van der Waals surface area contributed by atoms with Crippen LogP contribution in [0.2, 0.25) is 0 Å². The third-order valence-electron chi connectivity index (χ3n) is 8.40. The van der Waals surface area contributed by atoms with Crippen molar-refractivity contribution < 1.29 is 28.7 Å². The highest BCUT2D eigenvalue weighted by molar-refractivity contribution is 5.92. The number of carbonyl (C=O) groups excluding carboxylic acids is 4. The molecule has 1 heterocycles. The number of fused-ring (bicyclic) bond motifs is 1. The molecule has 0 radical (unpaired) electrons. The maximum Gasteiger partial charge on any atom is 0.408 e. The van der Waals surface area contributed by atoms with Crippen molar-refractivity contribution in [1.82, 2.24) is 26.3 Å². The van der Waals surface area contributed by atoms with Gasteiger partial charge in [0.15, 0.2) is 0 Å². The van der Waals surface area contributed by atoms with Crippen molar-refractivity contribution in [2.24, 2.45) is 0 Å². The number of hydrogen-bond donors (Lipinski definition) is 5. The molecule has 4 amide bonds. The van der Waals surface area contributed by atoms with E-state index in [1.807, 2.05) is 115 Å². The number of benzene rings is 4. The van der Waals surface area contributed by atoms with Crippen molar-refractivity contribution in [2.75, 3.05) is 6.54 Å². The number of alkyl carbamates (subject to hydrolysis) is 2. The minimum absolute atomic E-state index is 0.0224. The van der Waals surface area contributed by atoms with Gasteiger partial charge >= 0.3 is 12.2 Å². The highest BCUT2D eigenvalue weighted by Gasteiger charge is 2.29. The van der Waals surface area contributed by atoms with Gasteiger partial charge in [0.05, 0.1) is 6.04 Å². The standard InChI is InChI=1S/C42H47N5O6/c1-42(2,3)53-41(51)45-33(23-29-15-7-4-8-16-29)27-44-38(48)36(24-30-17-9-5-10-18-30)46-39(49)37(25-32-26-43-35-22-14-13-21-34(32)35)47-40(50)52-28-31-19-11-6-12-20-31/h4-22,26,33,36-37,43H,23-25,27-28H2,1-3H3,(H,44,48)(H,45,51)(H,46,49)(H,47,50)/t33-,36-,37-/m0/s1. The van der Waals surface area contributed by atoms with Gasteiger partial charge in [0.25, 0.3) is 0 Å². The van der Waals surface area contributed by atoms with Gasteiger partial charge < -0.3 is 35.7 Å². The van der Waals surface area contributed by atoms with Crippen molar-refractivity contribution in [3.8, 4) is 0 Å². The van der Waals surface area contributed by atoms with Gasteiger partial charge in [0, 0.05) is 36.5 Å². The summed E-state index contributed by atoms with van der Waals surface area (Å²) in [5, 5.41) is 12.4. The molecule has 11 nitrogen and oxygen atoms in total. The molecule has 0 saturated carbocycles. The summed E-state index contributed by atoms with van der Waals surface area (Å²) in [4.78, 5) is 57.2. The lowest BCUT2D eigenvalue weighted by atomic mass is 10.0. The Hall–Kier alpha value is -6.10. The summed E-state index contributed by atoms with van der Waals surface area (Å²) >= 11 is 0. The Morgan fingerprint density at radius 3 is 1.83 bits per heavy atom. The Kier molecular flexibility index (Phi) is 13.2. The second-order valence-corrected chi connectivity index (χ2v) is 13.9. The summed E-state index contributed by atoms with van der Waals surface area (Å²) < 4.78 is 11.0. The van der Waals surface area contributed by atoms with E-state index in [0.717, 1.165) is 33.2 Å². The summed E-state index contributed by atoms with van der Waals surface area (Å²) in [5.41, 5.74) is 3.57. The number of hydrogen-bond acceptors (Lipinski definition) is 6. The molecule has 5 rings (SSSR count). The third-order valence-corrected chi connectivity index (χ3v) is 8.40. The first-order chi connectivity index (χ1) is 25.5. The lowest BCUT2D eigenvalue weighted by Gasteiger charge is -2.26. The van der Waals surface area contributed by atoms with Gasteiger partial charge in [-0.25, -0.2) is 9.59 Å². The number of amides is 4. The van der Waals surface area contributed by atoms with Crippen molar-refractivity contribution in [1.29, 1.82) is 0 Å². The topological polar surface area (TPSA) is 151 Å². The second-order valence-electron chi connectivity index (χ2n) is 13.9. The summed E-state index contributed by atoms with van der Waals surface area (Å²) in [5.74, 6) is -1.01. The van der Waals surface area contributed by atoms with Crippen LogP contribution in [0.4, 0.5) is 9.59 Å². The normalized spacial score (nSPS) is 12.9. The quantitative estimate of drug-likeness (QED) is 0.0899. The molecule has 5 N–H and O–H groups in total. The molecule has 0 aliphatic heterocycles. The van der Waals surface area contributed by atoms with E-state index in [-0.39, 0.29) is 26.0 Å². The zero-order valence-electron chi connectivity index (χ0n) is 30.3. The van der Waals surface area contributed by atoms with Crippen molar-refractivity contribution >= 4 is 34.9 Å². The largest absolute Gasteiger partial charge is 0.445 e. The molecule has 0 aliphatic rings. The van der Waals surface area contributed by atoms with E-state index in [1.54, 1.807) is 27.0 Å². The van der Waals surface area contributed by atoms with E-state index in [4.69, 9.17) is 9.47 Å². The van der Waals surface area contributed by atoms with Crippen LogP contribution in [0.15, 0.2) is 121 Å². The molecular weight excluding hydrogens is 670 g/mol. The van der Waals surface area contributed by atoms with Gasteiger partial charge in [-0.05, 0) is 55.5 Å². The van der Waals surface area contributed by atoms with Gasteiger partial charge in [-0.1, -0.05) is 109 Å². The fourth-order valence-corrected chi connectivity index (χ4v) is 5.86. The molecule has 1 aromatic heterocycles. The molecule has 0 aliphatic carbocycles. The molecule has 276 valence electrons. The molecule has 0 fully saturated rings. The predicted octanol–water partition coefficient (Wildman–Crippen LogP) is 5.99. The van der Waals surface area contributed by atoms with E-state index in [9.17, 15) is 19.2 Å². The Bertz CT molecular complexity index is 1940. The molecular formula is C42H47N5O6. The van der Waals surface area contributed by atoms with Crippen LogP contribution in [0.25, 0.3) is 10.9 Å². The minimum Gasteiger partial charge on any atom is -0.445 e. The zero-order valence-corrected chi connectivity index (χ0v) is 30.3. The van der Waals surface area contributed by atoms with E-state index in [2.05, 4.69) is 26.3 Å². The number of aromatic nitrogens is 1. The van der Waals surface area contributed by atoms with Gasteiger partial charge in [-0.15, -0.1) is 0 Å². The van der Waals surface area contributed by atoms with Crippen LogP contribution >= 0.6 is 0 Å². The average molecular weight is 718 g/mol. The van der Waals surface area contributed by atoms with E-state index < -0.39 is 47.7 Å². The fourth-order valence-electron chi connectivity index (χ4n) is 5.86. The molecule has 0 unspecified atom stereocenters. The number of aromatic amines is 1. The number of rotatable bonds is 15. The molecule has 0 saturated heterocycles. The predicted molar refractivity (Wildman–Crippen MR) is 204 cm³/mol. The smallest absolute Gasteiger partial charge is 0.408 e. The minimum atomic E-state index is -1.08. The Balaban J connectivity index is 1.34. The second kappa shape index (κ2) is 18.4. The van der Waals surface area contributed by atoms with E-state index in [1.165, 1.54) is 0 Å². The maximum atomic E-state index is 14.1. The zero-order chi connectivity index (χ0) is 37.6. The van der Waals surface area contributed by atoms with Gasteiger partial charge in [-0.2, -0.15) is 0 Å². The molecule has 4 aromatic carbocycles. The maximum absolute atomic E-state index is 14.1. The first kappa shape index (κ1) is 38.1. The lowest BCUT2D eigenvalue weighted by molar-refractivity contribution is -0.130. The van der Waals surface area contributed by atoms with Crippen molar-refractivity contribution in [3.05, 3.63) is 144 Å². The van der Waals surface area contributed by atoms with Crippen LogP contribution in [-0.2, 0) is 44.9 Å². The summed E-state index contributed by atoms with van der Waals surface area (Å²) in [6.07, 6.45) is 1.18. The van der Waals surface area contributed by atoms with Crippen LogP contribution in [0.5, 0.6) is 0 Å². The molecule has 0 bridgehead atoms. The highest BCUT2D eigenvalue weighted by atomic mass is 16.6. The average Bonchev–Trinajstić information content (AvgIpc) is 3.55. The van der Waals surface area contributed by atoms with Crippen LogP contribution in [0.1, 0.15) is 43.0 Å². The first-order valence-electron chi connectivity index (χ1n) is 17.7. The monoisotopic (exact) mass is 717 g/mol. The lowest BCUT2D eigenvalue weighted by Crippen LogP contribution is -2.56. The fraction of sp³-hybridized carbons (Fsp3) is 0.286. The SMILES string of the molecule is CC(C)(C)OC(=O)N[C@H](CNC(=O)[C@H](Cc1ccccc1)NC(=O)[C@H](Cc1c[nH]c2ccccc12)NC(=O)OCc1ccccc1)Cc1ccccc1. The number of H-pyrrole nitrogens is 1. The third kappa shape index (κ3) is 12.3. The summed E-state index contributed by atoms with van der Waals surface area (Å²) in [7, 11) is 0. The Morgan fingerprint density at radius 2 is 1.19 bits per heavy atom. The Morgan fingerprint density at radius 1 is 0.623 bits per heavy atom. The number of nitrogens with one attached hydrogen (secondary N) is 5. The van der Waals surface area contributed by atoms with Crippen LogP contribution in [-0.4, -0.2) is 59.3 Å². The van der Waals surface area contributed by atoms with E-state index in [0.29, 0.717) is 6.42 Å². The van der Waals surface area contributed by atoms with Gasteiger partial charge in [0.2, 0.25) is 11.8 Å². The Labute approximate surface area is 309 Å². The summed E-state index contributed by atoms with van der Waals surface area (Å²) in [6, 6.07) is 33.2. The van der Waals surface area contributed by atoms with Crippen LogP contribution < -0.4 is 21.3 Å². The van der Waals surface area contributed by atoms with Gasteiger partial charge in [0.1, 0.15) is 24.3 Å². The first-order valence-corrected chi connectivity index (χ1v) is 17.7. The molecule has 53 heavy (non-hydrogen) atoms. The number of para-hydroxylation sites is 1.